The van der Waals surface area contributed by atoms with Crippen molar-refractivity contribution in [2.24, 2.45) is 0 Å². The molecule has 0 aliphatic carbocycles. The van der Waals surface area contributed by atoms with E-state index in [2.05, 4.69) is 14.9 Å². The first-order valence-electron chi connectivity index (χ1n) is 7.12. The maximum absolute atomic E-state index is 12.2. The van der Waals surface area contributed by atoms with Crippen molar-refractivity contribution >= 4 is 23.5 Å². The zero-order chi connectivity index (χ0) is 15.2. The zero-order valence-electron chi connectivity index (χ0n) is 12.5. The van der Waals surface area contributed by atoms with E-state index in [0.717, 1.165) is 36.6 Å². The van der Waals surface area contributed by atoms with Crippen molar-refractivity contribution in [1.82, 2.24) is 14.9 Å². The number of carbonyl (C=O) groups excluding carboxylic acids is 1. The SMILES string of the molecule is CC(C)(C)OC(=O)N1Cc2nc(Cl)nc(N3CCC3)c2C1. The molecule has 6 nitrogen and oxygen atoms in total. The zero-order valence-corrected chi connectivity index (χ0v) is 13.3. The fraction of sp³-hybridized carbons (Fsp3) is 0.643. The number of aromatic nitrogens is 2. The summed E-state index contributed by atoms with van der Waals surface area (Å²) in [5.41, 5.74) is 1.31. The van der Waals surface area contributed by atoms with Gasteiger partial charge in [0.25, 0.3) is 0 Å². The summed E-state index contributed by atoms with van der Waals surface area (Å²) in [5, 5.41) is 0.238. The summed E-state index contributed by atoms with van der Waals surface area (Å²) >= 11 is 6.00. The topological polar surface area (TPSA) is 58.6 Å². The quantitative estimate of drug-likeness (QED) is 0.746. The Labute approximate surface area is 129 Å². The number of anilines is 1. The van der Waals surface area contributed by atoms with Crippen molar-refractivity contribution in [1.29, 1.82) is 0 Å². The minimum absolute atomic E-state index is 0.238. The lowest BCUT2D eigenvalue weighted by molar-refractivity contribution is 0.0241. The number of halogens is 1. The van der Waals surface area contributed by atoms with Crippen molar-refractivity contribution < 1.29 is 9.53 Å². The van der Waals surface area contributed by atoms with Gasteiger partial charge in [0.1, 0.15) is 11.4 Å². The number of hydrogen-bond donors (Lipinski definition) is 0. The highest BCUT2D eigenvalue weighted by molar-refractivity contribution is 6.28. The summed E-state index contributed by atoms with van der Waals surface area (Å²) < 4.78 is 5.42. The molecule has 0 bridgehead atoms. The molecule has 0 N–H and O–H groups in total. The van der Waals surface area contributed by atoms with Gasteiger partial charge >= 0.3 is 6.09 Å². The van der Waals surface area contributed by atoms with Gasteiger partial charge in [-0.05, 0) is 38.8 Å². The lowest BCUT2D eigenvalue weighted by Gasteiger charge is -2.33. The second-order valence-corrected chi connectivity index (χ2v) is 6.76. The third-order valence-corrected chi connectivity index (χ3v) is 3.71. The highest BCUT2D eigenvalue weighted by Crippen LogP contribution is 2.33. The summed E-state index contributed by atoms with van der Waals surface area (Å²) in [6.07, 6.45) is 0.831. The molecule has 2 aliphatic rings. The molecule has 3 heterocycles. The Morgan fingerprint density at radius 3 is 2.52 bits per heavy atom. The van der Waals surface area contributed by atoms with Gasteiger partial charge in [0, 0.05) is 18.7 Å². The minimum atomic E-state index is -0.504. The molecule has 1 aromatic heterocycles. The van der Waals surface area contributed by atoms with Gasteiger partial charge in [-0.2, -0.15) is 0 Å². The molecule has 21 heavy (non-hydrogen) atoms. The van der Waals surface area contributed by atoms with Crippen LogP contribution in [0.3, 0.4) is 0 Å². The van der Waals surface area contributed by atoms with E-state index in [1.807, 2.05) is 20.8 Å². The van der Waals surface area contributed by atoms with Crippen LogP contribution >= 0.6 is 11.6 Å². The average Bonchev–Trinajstić information content (AvgIpc) is 2.67. The molecule has 2 aliphatic heterocycles. The fourth-order valence-electron chi connectivity index (χ4n) is 2.45. The van der Waals surface area contributed by atoms with E-state index < -0.39 is 5.60 Å². The summed E-state index contributed by atoms with van der Waals surface area (Å²) in [4.78, 5) is 24.6. The summed E-state index contributed by atoms with van der Waals surface area (Å²) in [5.74, 6) is 0.863. The van der Waals surface area contributed by atoms with Crippen molar-refractivity contribution in [3.63, 3.8) is 0 Å². The van der Waals surface area contributed by atoms with Crippen LogP contribution in [0, 0.1) is 0 Å². The number of rotatable bonds is 1. The van der Waals surface area contributed by atoms with E-state index in [1.165, 1.54) is 0 Å². The Morgan fingerprint density at radius 2 is 1.95 bits per heavy atom. The van der Waals surface area contributed by atoms with Crippen LogP contribution in [0.25, 0.3) is 0 Å². The summed E-state index contributed by atoms with van der Waals surface area (Å²) in [6, 6.07) is 0. The molecule has 1 saturated heterocycles. The molecular formula is C14H19ClN4O2. The standard InChI is InChI=1S/C14H19ClN4O2/c1-14(2,3)21-13(20)19-7-9-10(8-19)16-12(15)17-11(9)18-5-4-6-18/h4-8H2,1-3H3. The molecule has 0 aromatic carbocycles. The number of amides is 1. The molecule has 3 rings (SSSR count). The number of ether oxygens (including phenoxy) is 1. The van der Waals surface area contributed by atoms with Crippen molar-refractivity contribution in [3.05, 3.63) is 16.5 Å². The number of fused-ring (bicyclic) bond motifs is 1. The second kappa shape index (κ2) is 5.02. The normalized spacial score (nSPS) is 17.5. The van der Waals surface area contributed by atoms with Crippen molar-refractivity contribution in [2.45, 2.75) is 45.9 Å². The average molecular weight is 311 g/mol. The first-order chi connectivity index (χ1) is 9.83. The number of nitrogens with zero attached hydrogens (tertiary/aromatic N) is 4. The van der Waals surface area contributed by atoms with Crippen LogP contribution in [0.15, 0.2) is 0 Å². The maximum atomic E-state index is 12.2. The van der Waals surface area contributed by atoms with Gasteiger partial charge in [-0.3, -0.25) is 4.90 Å². The van der Waals surface area contributed by atoms with Gasteiger partial charge in [-0.25, -0.2) is 14.8 Å². The lowest BCUT2D eigenvalue weighted by atomic mass is 10.1. The highest BCUT2D eigenvalue weighted by atomic mass is 35.5. The van der Waals surface area contributed by atoms with Crippen molar-refractivity contribution in [3.8, 4) is 0 Å². The molecule has 1 amide bonds. The van der Waals surface area contributed by atoms with Gasteiger partial charge in [0.2, 0.25) is 5.28 Å². The first-order valence-corrected chi connectivity index (χ1v) is 7.49. The largest absolute Gasteiger partial charge is 0.444 e. The Hall–Kier alpha value is -1.56. The smallest absolute Gasteiger partial charge is 0.410 e. The highest BCUT2D eigenvalue weighted by Gasteiger charge is 2.33. The third-order valence-electron chi connectivity index (χ3n) is 3.54. The first kappa shape index (κ1) is 14.4. The van der Waals surface area contributed by atoms with Gasteiger partial charge in [0.15, 0.2) is 0 Å². The minimum Gasteiger partial charge on any atom is -0.444 e. The second-order valence-electron chi connectivity index (χ2n) is 6.42. The fourth-order valence-corrected chi connectivity index (χ4v) is 2.64. The van der Waals surface area contributed by atoms with Gasteiger partial charge in [0.05, 0.1) is 18.8 Å². The van der Waals surface area contributed by atoms with Gasteiger partial charge < -0.3 is 9.64 Å². The van der Waals surface area contributed by atoms with E-state index in [4.69, 9.17) is 16.3 Å². The molecule has 0 radical (unpaired) electrons. The van der Waals surface area contributed by atoms with Crippen LogP contribution < -0.4 is 4.90 Å². The van der Waals surface area contributed by atoms with Gasteiger partial charge in [-0.15, -0.1) is 0 Å². The predicted octanol–water partition coefficient (Wildman–Crippen LogP) is 2.59. The molecule has 0 atom stereocenters. The lowest BCUT2D eigenvalue weighted by Crippen LogP contribution is -2.38. The Bertz CT molecular complexity index is 581. The van der Waals surface area contributed by atoms with Crippen LogP contribution in [0.5, 0.6) is 0 Å². The molecule has 0 spiro atoms. The molecule has 0 saturated carbocycles. The monoisotopic (exact) mass is 310 g/mol. The number of hydrogen-bond acceptors (Lipinski definition) is 5. The van der Waals surface area contributed by atoms with E-state index in [0.29, 0.717) is 13.1 Å². The third kappa shape index (κ3) is 2.90. The Kier molecular flexibility index (Phi) is 3.43. The van der Waals surface area contributed by atoms with Crippen LogP contribution in [-0.4, -0.2) is 39.7 Å². The van der Waals surface area contributed by atoms with E-state index in [9.17, 15) is 4.79 Å². The van der Waals surface area contributed by atoms with Crippen LogP contribution in [0.1, 0.15) is 38.4 Å². The molecule has 7 heteroatoms. The molecular weight excluding hydrogens is 292 g/mol. The van der Waals surface area contributed by atoms with Crippen LogP contribution in [0.4, 0.5) is 10.6 Å². The Balaban J connectivity index is 1.82. The molecule has 0 unspecified atom stereocenters. The van der Waals surface area contributed by atoms with Crippen LogP contribution in [0.2, 0.25) is 5.28 Å². The predicted molar refractivity (Wildman–Crippen MR) is 79.4 cm³/mol. The van der Waals surface area contributed by atoms with Gasteiger partial charge in [-0.1, -0.05) is 0 Å². The number of carbonyl (C=O) groups is 1. The molecule has 114 valence electrons. The Morgan fingerprint density at radius 1 is 1.24 bits per heavy atom. The van der Waals surface area contributed by atoms with E-state index in [-0.39, 0.29) is 11.4 Å². The van der Waals surface area contributed by atoms with E-state index >= 15 is 0 Å². The summed E-state index contributed by atoms with van der Waals surface area (Å²) in [7, 11) is 0. The van der Waals surface area contributed by atoms with Crippen molar-refractivity contribution in [2.75, 3.05) is 18.0 Å². The van der Waals surface area contributed by atoms with Crippen LogP contribution in [-0.2, 0) is 17.8 Å². The summed E-state index contributed by atoms with van der Waals surface area (Å²) in [6.45, 7) is 8.43. The maximum Gasteiger partial charge on any atom is 0.410 e. The van der Waals surface area contributed by atoms with E-state index in [1.54, 1.807) is 4.90 Å². The molecule has 1 aromatic rings. The molecule has 1 fully saturated rings.